The molecule has 0 spiro atoms. The van der Waals surface area contributed by atoms with Crippen molar-refractivity contribution >= 4 is 57.9 Å². The molecule has 2 aliphatic rings. The maximum absolute atomic E-state index is 13.2. The first-order chi connectivity index (χ1) is 17.6. The first kappa shape index (κ1) is 24.6. The lowest BCUT2D eigenvalue weighted by molar-refractivity contribution is 0.102. The van der Waals surface area contributed by atoms with Crippen LogP contribution in [0.3, 0.4) is 0 Å². The van der Waals surface area contributed by atoms with Crippen molar-refractivity contribution in [1.82, 2.24) is 15.3 Å². The highest BCUT2D eigenvalue weighted by Gasteiger charge is 2.21. The number of piperazine rings is 1. The molecule has 0 radical (unpaired) electrons. The number of aromatic nitrogens is 2. The number of nitrogens with one attached hydrogen (secondary N) is 4. The summed E-state index contributed by atoms with van der Waals surface area (Å²) in [6, 6.07) is 13.6. The molecule has 0 atom stereocenters. The molecule has 1 saturated heterocycles. The zero-order valence-corrected chi connectivity index (χ0v) is 21.4. The number of carbonyl (C=O) groups excluding carboxylic acids is 1. The van der Waals surface area contributed by atoms with Gasteiger partial charge in [-0.3, -0.25) is 4.79 Å². The van der Waals surface area contributed by atoms with Gasteiger partial charge in [-0.25, -0.2) is 4.98 Å². The topological polar surface area (TPSA) is 94.2 Å². The van der Waals surface area contributed by atoms with Crippen molar-refractivity contribution < 1.29 is 4.79 Å². The summed E-state index contributed by atoms with van der Waals surface area (Å²) in [5.41, 5.74) is 2.85. The number of rotatable bonds is 7. The average molecular weight is 526 g/mol. The summed E-state index contributed by atoms with van der Waals surface area (Å²) in [5.74, 6) is 0.557. The van der Waals surface area contributed by atoms with Gasteiger partial charge in [0.15, 0.2) is 0 Å². The minimum absolute atomic E-state index is 0.271. The van der Waals surface area contributed by atoms with Gasteiger partial charge in [0.25, 0.3) is 5.91 Å². The predicted molar refractivity (Wildman–Crippen MR) is 147 cm³/mol. The first-order valence-corrected chi connectivity index (χ1v) is 13.0. The fraction of sp³-hybridized carbons (Fsp3) is 0.346. The minimum atomic E-state index is -0.355. The maximum atomic E-state index is 13.2. The van der Waals surface area contributed by atoms with Gasteiger partial charge in [-0.05, 0) is 49.2 Å². The molecule has 1 amide bonds. The van der Waals surface area contributed by atoms with E-state index in [1.54, 1.807) is 18.2 Å². The summed E-state index contributed by atoms with van der Waals surface area (Å²) < 4.78 is 0. The summed E-state index contributed by atoms with van der Waals surface area (Å²) in [4.78, 5) is 24.6. The fourth-order valence-corrected chi connectivity index (χ4v) is 4.93. The highest BCUT2D eigenvalue weighted by molar-refractivity contribution is 6.44. The van der Waals surface area contributed by atoms with Gasteiger partial charge in [0.05, 0.1) is 15.7 Å². The fourth-order valence-electron chi connectivity index (χ4n) is 4.58. The molecule has 3 aromatic rings. The smallest absolute Gasteiger partial charge is 0.261 e. The molecule has 1 aromatic heterocycles. The molecular formula is C26H29Cl2N7O. The zero-order chi connectivity index (χ0) is 24.9. The number of benzene rings is 2. The molecule has 2 aromatic carbocycles. The standard InChI is InChI=1S/C26H29Cl2N7O/c27-21-6-3-7-22(23(21)28)33-25(36)20-16-30-26(34-24(20)31-17-4-1-2-5-17)32-18-8-10-19(11-9-18)35-14-12-29-13-15-35/h3,6-11,16-17,29H,1-2,4-5,12-15H2,(H,33,36)(H2,30,31,32,34). The summed E-state index contributed by atoms with van der Waals surface area (Å²) in [7, 11) is 0. The van der Waals surface area contributed by atoms with Gasteiger partial charge in [0.1, 0.15) is 11.4 Å². The third-order valence-electron chi connectivity index (χ3n) is 6.53. The highest BCUT2D eigenvalue weighted by Crippen LogP contribution is 2.31. The van der Waals surface area contributed by atoms with Crippen molar-refractivity contribution in [3.63, 3.8) is 0 Å². The van der Waals surface area contributed by atoms with Crippen LogP contribution in [0.25, 0.3) is 0 Å². The predicted octanol–water partition coefficient (Wildman–Crippen LogP) is 5.54. The molecule has 4 N–H and O–H groups in total. The van der Waals surface area contributed by atoms with Crippen molar-refractivity contribution in [2.45, 2.75) is 31.7 Å². The number of anilines is 5. The van der Waals surface area contributed by atoms with E-state index in [0.29, 0.717) is 33.1 Å². The van der Waals surface area contributed by atoms with E-state index in [-0.39, 0.29) is 11.9 Å². The molecule has 1 aliphatic heterocycles. The van der Waals surface area contributed by atoms with Crippen LogP contribution in [0.1, 0.15) is 36.0 Å². The molecule has 8 nitrogen and oxygen atoms in total. The Morgan fingerprint density at radius 1 is 1.03 bits per heavy atom. The molecule has 2 heterocycles. The van der Waals surface area contributed by atoms with E-state index >= 15 is 0 Å². The van der Waals surface area contributed by atoms with Gasteiger partial charge in [-0.2, -0.15) is 4.98 Å². The monoisotopic (exact) mass is 525 g/mol. The summed E-state index contributed by atoms with van der Waals surface area (Å²) in [6.07, 6.45) is 5.94. The quantitative estimate of drug-likeness (QED) is 0.321. The van der Waals surface area contributed by atoms with Crippen LogP contribution in [-0.4, -0.2) is 48.1 Å². The molecular weight excluding hydrogens is 497 g/mol. The molecule has 0 bridgehead atoms. The van der Waals surface area contributed by atoms with Crippen LogP contribution < -0.4 is 26.2 Å². The number of nitrogens with zero attached hydrogens (tertiary/aromatic N) is 3. The molecule has 2 fully saturated rings. The second kappa shape index (κ2) is 11.3. The Kier molecular flexibility index (Phi) is 7.75. The number of hydrogen-bond acceptors (Lipinski definition) is 7. The van der Waals surface area contributed by atoms with Gasteiger partial charge in [0, 0.05) is 49.8 Å². The van der Waals surface area contributed by atoms with E-state index in [9.17, 15) is 4.79 Å². The van der Waals surface area contributed by atoms with Crippen LogP contribution in [0.4, 0.5) is 28.8 Å². The Hall–Kier alpha value is -3.07. The lowest BCUT2D eigenvalue weighted by atomic mass is 10.2. The minimum Gasteiger partial charge on any atom is -0.369 e. The second-order valence-electron chi connectivity index (χ2n) is 9.05. The lowest BCUT2D eigenvalue weighted by Gasteiger charge is -2.29. The van der Waals surface area contributed by atoms with Gasteiger partial charge in [0.2, 0.25) is 5.95 Å². The molecule has 10 heteroatoms. The summed E-state index contributed by atoms with van der Waals surface area (Å²) >= 11 is 12.4. The number of hydrogen-bond donors (Lipinski definition) is 4. The van der Waals surface area contributed by atoms with Crippen molar-refractivity contribution in [1.29, 1.82) is 0 Å². The van der Waals surface area contributed by atoms with Gasteiger partial charge in [-0.1, -0.05) is 42.1 Å². The summed E-state index contributed by atoms with van der Waals surface area (Å²) in [6.45, 7) is 3.98. The van der Waals surface area contributed by atoms with E-state index in [4.69, 9.17) is 23.2 Å². The van der Waals surface area contributed by atoms with Crippen LogP contribution in [0, 0.1) is 0 Å². The van der Waals surface area contributed by atoms with E-state index < -0.39 is 0 Å². The van der Waals surface area contributed by atoms with E-state index in [1.165, 1.54) is 11.9 Å². The second-order valence-corrected chi connectivity index (χ2v) is 9.83. The van der Waals surface area contributed by atoms with Crippen LogP contribution in [0.15, 0.2) is 48.7 Å². The normalized spacial score (nSPS) is 16.1. The number of amides is 1. The Balaban J connectivity index is 1.35. The Morgan fingerprint density at radius 3 is 2.53 bits per heavy atom. The van der Waals surface area contributed by atoms with Crippen LogP contribution in [-0.2, 0) is 0 Å². The zero-order valence-electron chi connectivity index (χ0n) is 19.9. The van der Waals surface area contributed by atoms with E-state index in [1.807, 2.05) is 12.1 Å². The molecule has 5 rings (SSSR count). The molecule has 1 saturated carbocycles. The van der Waals surface area contributed by atoms with Crippen LogP contribution >= 0.6 is 23.2 Å². The van der Waals surface area contributed by atoms with Crippen molar-refractivity contribution in [2.24, 2.45) is 0 Å². The third kappa shape index (κ3) is 5.83. The van der Waals surface area contributed by atoms with Gasteiger partial charge >= 0.3 is 0 Å². The lowest BCUT2D eigenvalue weighted by Crippen LogP contribution is -2.43. The van der Waals surface area contributed by atoms with Gasteiger partial charge in [-0.15, -0.1) is 0 Å². The van der Waals surface area contributed by atoms with Crippen molar-refractivity contribution in [2.75, 3.05) is 47.0 Å². The number of halogens is 2. The molecule has 188 valence electrons. The van der Waals surface area contributed by atoms with Crippen LogP contribution in [0.2, 0.25) is 10.0 Å². The van der Waals surface area contributed by atoms with Crippen molar-refractivity contribution in [3.8, 4) is 0 Å². The number of carbonyl (C=O) groups is 1. The Morgan fingerprint density at radius 2 is 1.78 bits per heavy atom. The van der Waals surface area contributed by atoms with Crippen LogP contribution in [0.5, 0.6) is 0 Å². The first-order valence-electron chi connectivity index (χ1n) is 12.3. The summed E-state index contributed by atoms with van der Waals surface area (Å²) in [5, 5.41) is 13.6. The van der Waals surface area contributed by atoms with E-state index in [2.05, 4.69) is 48.3 Å². The third-order valence-corrected chi connectivity index (χ3v) is 7.35. The highest BCUT2D eigenvalue weighted by atomic mass is 35.5. The molecule has 36 heavy (non-hydrogen) atoms. The molecule has 1 aliphatic carbocycles. The van der Waals surface area contributed by atoms with Crippen molar-refractivity contribution in [3.05, 3.63) is 64.3 Å². The Bertz CT molecular complexity index is 1210. The Labute approximate surface area is 220 Å². The van der Waals surface area contributed by atoms with E-state index in [0.717, 1.165) is 57.5 Å². The largest absolute Gasteiger partial charge is 0.369 e. The molecule has 0 unspecified atom stereocenters. The average Bonchev–Trinajstić information content (AvgIpc) is 3.41. The maximum Gasteiger partial charge on any atom is 0.261 e. The SMILES string of the molecule is O=C(Nc1cccc(Cl)c1Cl)c1cnc(Nc2ccc(N3CCNCC3)cc2)nc1NC1CCCC1. The van der Waals surface area contributed by atoms with Gasteiger partial charge < -0.3 is 26.2 Å².